The molecule has 2 unspecified atom stereocenters. The number of ether oxygens (including phenoxy) is 1. The largest absolute Gasteiger partial charge is 0.469 e. The van der Waals surface area contributed by atoms with E-state index in [1.807, 2.05) is 0 Å². The highest BCUT2D eigenvalue weighted by Crippen LogP contribution is 2.55. The predicted octanol–water partition coefficient (Wildman–Crippen LogP) is 2.66. The van der Waals surface area contributed by atoms with Gasteiger partial charge >= 0.3 is 5.97 Å². The zero-order valence-corrected chi connectivity index (χ0v) is 11.0. The standard InChI is InChI=1S/C14H24O3/c1-11-5-3-9-14(16,10-6-11)13(7-4-8-13)12(15)17-2/h11,16H,3-10H2,1-2H3. The highest BCUT2D eigenvalue weighted by atomic mass is 16.5. The van der Waals surface area contributed by atoms with Crippen LogP contribution in [0.5, 0.6) is 0 Å². The molecule has 2 rings (SSSR count). The van der Waals surface area contributed by atoms with Gasteiger partial charge in [-0.15, -0.1) is 0 Å². The molecular weight excluding hydrogens is 216 g/mol. The number of carbonyl (C=O) groups is 1. The van der Waals surface area contributed by atoms with E-state index in [2.05, 4.69) is 6.92 Å². The fourth-order valence-corrected chi connectivity index (χ4v) is 3.56. The summed E-state index contributed by atoms with van der Waals surface area (Å²) in [5.74, 6) is 0.472. The zero-order chi connectivity index (χ0) is 12.5. The quantitative estimate of drug-likeness (QED) is 0.596. The summed E-state index contributed by atoms with van der Waals surface area (Å²) >= 11 is 0. The average molecular weight is 240 g/mol. The smallest absolute Gasteiger partial charge is 0.314 e. The average Bonchev–Trinajstić information content (AvgIpc) is 2.40. The van der Waals surface area contributed by atoms with Crippen molar-refractivity contribution in [1.82, 2.24) is 0 Å². The Morgan fingerprint density at radius 3 is 2.41 bits per heavy atom. The molecule has 0 aliphatic heterocycles. The van der Waals surface area contributed by atoms with E-state index in [4.69, 9.17) is 4.74 Å². The summed E-state index contributed by atoms with van der Waals surface area (Å²) in [6.07, 6.45) is 7.35. The molecule has 0 bridgehead atoms. The van der Waals surface area contributed by atoms with E-state index in [0.29, 0.717) is 5.92 Å². The van der Waals surface area contributed by atoms with Crippen LogP contribution in [0.3, 0.4) is 0 Å². The number of hydrogen-bond acceptors (Lipinski definition) is 3. The van der Waals surface area contributed by atoms with E-state index in [9.17, 15) is 9.90 Å². The molecule has 0 saturated heterocycles. The minimum Gasteiger partial charge on any atom is -0.469 e. The van der Waals surface area contributed by atoms with Crippen LogP contribution in [-0.4, -0.2) is 23.8 Å². The van der Waals surface area contributed by atoms with Crippen LogP contribution >= 0.6 is 0 Å². The van der Waals surface area contributed by atoms with Crippen LogP contribution in [0.1, 0.15) is 58.3 Å². The Balaban J connectivity index is 2.20. The van der Waals surface area contributed by atoms with Gasteiger partial charge in [0, 0.05) is 0 Å². The lowest BCUT2D eigenvalue weighted by atomic mass is 9.56. The van der Waals surface area contributed by atoms with Crippen LogP contribution in [0.25, 0.3) is 0 Å². The molecular formula is C14H24O3. The van der Waals surface area contributed by atoms with Gasteiger partial charge in [-0.3, -0.25) is 4.79 Å². The van der Waals surface area contributed by atoms with Crippen molar-refractivity contribution in [2.45, 2.75) is 63.9 Å². The molecule has 0 radical (unpaired) electrons. The molecule has 3 heteroatoms. The van der Waals surface area contributed by atoms with E-state index in [1.54, 1.807) is 0 Å². The molecule has 2 aliphatic carbocycles. The molecule has 0 aromatic heterocycles. The molecule has 2 fully saturated rings. The van der Waals surface area contributed by atoms with Gasteiger partial charge in [-0.05, 0) is 38.0 Å². The number of carbonyl (C=O) groups excluding carboxylic acids is 1. The summed E-state index contributed by atoms with van der Waals surface area (Å²) < 4.78 is 4.94. The van der Waals surface area contributed by atoms with E-state index in [1.165, 1.54) is 13.5 Å². The molecule has 3 nitrogen and oxygen atoms in total. The van der Waals surface area contributed by atoms with Gasteiger partial charge in [0.25, 0.3) is 0 Å². The molecule has 0 amide bonds. The number of rotatable bonds is 2. The third-order valence-electron chi connectivity index (χ3n) is 5.01. The maximum Gasteiger partial charge on any atom is 0.314 e. The summed E-state index contributed by atoms with van der Waals surface area (Å²) in [6.45, 7) is 2.23. The van der Waals surface area contributed by atoms with Gasteiger partial charge in [0.2, 0.25) is 0 Å². The molecule has 98 valence electrons. The molecule has 0 aromatic rings. The van der Waals surface area contributed by atoms with Gasteiger partial charge < -0.3 is 9.84 Å². The highest BCUT2D eigenvalue weighted by molar-refractivity contribution is 5.79. The Labute approximate surface area is 104 Å². The fraction of sp³-hybridized carbons (Fsp3) is 0.929. The Kier molecular flexibility index (Phi) is 3.48. The molecule has 2 saturated carbocycles. The lowest BCUT2D eigenvalue weighted by Gasteiger charge is -2.50. The zero-order valence-electron chi connectivity index (χ0n) is 11.0. The topological polar surface area (TPSA) is 46.5 Å². The Bertz CT molecular complexity index is 296. The summed E-state index contributed by atoms with van der Waals surface area (Å²) in [5.41, 5.74) is -1.41. The second kappa shape index (κ2) is 4.60. The molecule has 0 aromatic carbocycles. The molecule has 2 atom stereocenters. The van der Waals surface area contributed by atoms with E-state index >= 15 is 0 Å². The van der Waals surface area contributed by atoms with E-state index in [0.717, 1.165) is 44.9 Å². The minimum atomic E-state index is -0.816. The van der Waals surface area contributed by atoms with Crippen LogP contribution in [0.2, 0.25) is 0 Å². The second-order valence-electron chi connectivity index (χ2n) is 5.99. The summed E-state index contributed by atoms with van der Waals surface area (Å²) in [4.78, 5) is 12.0. The Morgan fingerprint density at radius 2 is 1.88 bits per heavy atom. The SMILES string of the molecule is COC(=O)C1(C2(O)CCCC(C)CC2)CCC1. The van der Waals surface area contributed by atoms with Crippen LogP contribution < -0.4 is 0 Å². The monoisotopic (exact) mass is 240 g/mol. The maximum atomic E-state index is 12.0. The van der Waals surface area contributed by atoms with Crippen molar-refractivity contribution in [1.29, 1.82) is 0 Å². The van der Waals surface area contributed by atoms with Crippen LogP contribution in [-0.2, 0) is 9.53 Å². The van der Waals surface area contributed by atoms with Crippen LogP contribution in [0, 0.1) is 11.3 Å². The van der Waals surface area contributed by atoms with Gasteiger partial charge in [0.05, 0.1) is 18.1 Å². The van der Waals surface area contributed by atoms with Crippen molar-refractivity contribution < 1.29 is 14.6 Å². The highest BCUT2D eigenvalue weighted by Gasteiger charge is 2.59. The normalized spacial score (nSPS) is 36.8. The number of methoxy groups -OCH3 is 1. The van der Waals surface area contributed by atoms with Gasteiger partial charge in [-0.25, -0.2) is 0 Å². The number of aliphatic hydroxyl groups is 1. The van der Waals surface area contributed by atoms with Gasteiger partial charge in [-0.2, -0.15) is 0 Å². The van der Waals surface area contributed by atoms with Crippen molar-refractivity contribution in [3.8, 4) is 0 Å². The number of hydrogen-bond donors (Lipinski definition) is 1. The predicted molar refractivity (Wildman–Crippen MR) is 65.5 cm³/mol. The summed E-state index contributed by atoms with van der Waals surface area (Å²) in [7, 11) is 1.44. The van der Waals surface area contributed by atoms with Gasteiger partial charge in [0.1, 0.15) is 0 Å². The van der Waals surface area contributed by atoms with Crippen molar-refractivity contribution >= 4 is 5.97 Å². The van der Waals surface area contributed by atoms with Crippen molar-refractivity contribution in [3.05, 3.63) is 0 Å². The first-order valence-electron chi connectivity index (χ1n) is 6.85. The molecule has 2 aliphatic rings. The lowest BCUT2D eigenvalue weighted by molar-refractivity contribution is -0.190. The summed E-state index contributed by atoms with van der Waals surface area (Å²) in [5, 5.41) is 10.9. The Morgan fingerprint density at radius 1 is 1.18 bits per heavy atom. The minimum absolute atomic E-state index is 0.194. The molecule has 0 spiro atoms. The van der Waals surface area contributed by atoms with Crippen molar-refractivity contribution in [2.24, 2.45) is 11.3 Å². The first kappa shape index (κ1) is 12.9. The van der Waals surface area contributed by atoms with Crippen LogP contribution in [0.4, 0.5) is 0 Å². The van der Waals surface area contributed by atoms with E-state index in [-0.39, 0.29) is 5.97 Å². The fourth-order valence-electron chi connectivity index (χ4n) is 3.56. The third kappa shape index (κ3) is 1.99. The molecule has 17 heavy (non-hydrogen) atoms. The number of esters is 1. The maximum absolute atomic E-state index is 12.0. The van der Waals surface area contributed by atoms with Crippen molar-refractivity contribution in [2.75, 3.05) is 7.11 Å². The van der Waals surface area contributed by atoms with Crippen molar-refractivity contribution in [3.63, 3.8) is 0 Å². The molecule has 0 heterocycles. The third-order valence-corrected chi connectivity index (χ3v) is 5.01. The summed E-state index contributed by atoms with van der Waals surface area (Å²) in [6, 6.07) is 0. The van der Waals surface area contributed by atoms with Crippen LogP contribution in [0.15, 0.2) is 0 Å². The van der Waals surface area contributed by atoms with Gasteiger partial charge in [0.15, 0.2) is 0 Å². The molecule has 1 N–H and O–H groups in total. The Hall–Kier alpha value is -0.570. The lowest BCUT2D eigenvalue weighted by Crippen LogP contribution is -2.57. The van der Waals surface area contributed by atoms with Gasteiger partial charge in [-0.1, -0.05) is 26.2 Å². The first-order chi connectivity index (χ1) is 8.04. The first-order valence-corrected chi connectivity index (χ1v) is 6.85. The second-order valence-corrected chi connectivity index (χ2v) is 5.99. The van der Waals surface area contributed by atoms with E-state index < -0.39 is 11.0 Å².